The summed E-state index contributed by atoms with van der Waals surface area (Å²) < 4.78 is 3.81. The molecule has 1 fully saturated rings. The minimum absolute atomic E-state index is 0.145. The zero-order chi connectivity index (χ0) is 16.6. The van der Waals surface area contributed by atoms with E-state index in [9.17, 15) is 4.79 Å². The van der Waals surface area contributed by atoms with Crippen molar-refractivity contribution in [2.24, 2.45) is 5.41 Å². The predicted molar refractivity (Wildman–Crippen MR) is 88.6 cm³/mol. The first kappa shape index (κ1) is 14.9. The van der Waals surface area contributed by atoms with E-state index in [1.54, 1.807) is 29.0 Å². The molecule has 1 aliphatic carbocycles. The van der Waals surface area contributed by atoms with Gasteiger partial charge in [0.1, 0.15) is 5.82 Å². The SMILES string of the molecule is CCc1nccn1CC1(CNC(=O)c2cc3ncccn3n2)CC1. The molecule has 1 N–H and O–H groups in total. The Hall–Kier alpha value is -2.70. The summed E-state index contributed by atoms with van der Waals surface area (Å²) in [5.74, 6) is 0.951. The van der Waals surface area contributed by atoms with E-state index < -0.39 is 0 Å². The highest BCUT2D eigenvalue weighted by atomic mass is 16.1. The molecule has 7 nitrogen and oxygen atoms in total. The largest absolute Gasteiger partial charge is 0.350 e. The van der Waals surface area contributed by atoms with Gasteiger partial charge in [-0.1, -0.05) is 6.92 Å². The topological polar surface area (TPSA) is 77.1 Å². The fourth-order valence-corrected chi connectivity index (χ4v) is 3.03. The van der Waals surface area contributed by atoms with Gasteiger partial charge in [-0.15, -0.1) is 0 Å². The fraction of sp³-hybridized carbons (Fsp3) is 0.412. The maximum Gasteiger partial charge on any atom is 0.271 e. The second-order valence-corrected chi connectivity index (χ2v) is 6.46. The fourth-order valence-electron chi connectivity index (χ4n) is 3.03. The molecule has 0 saturated heterocycles. The molecule has 0 atom stereocenters. The highest BCUT2D eigenvalue weighted by molar-refractivity contribution is 5.93. The highest BCUT2D eigenvalue weighted by Gasteiger charge is 2.43. The van der Waals surface area contributed by atoms with Gasteiger partial charge < -0.3 is 9.88 Å². The number of carbonyl (C=O) groups is 1. The second kappa shape index (κ2) is 5.74. The summed E-state index contributed by atoms with van der Waals surface area (Å²) in [6, 6.07) is 3.50. The lowest BCUT2D eigenvalue weighted by Gasteiger charge is -2.17. The molecular formula is C17H20N6O. The molecule has 124 valence electrons. The van der Waals surface area contributed by atoms with Gasteiger partial charge in [-0.2, -0.15) is 5.10 Å². The summed E-state index contributed by atoms with van der Waals surface area (Å²) in [4.78, 5) is 20.9. The zero-order valence-corrected chi connectivity index (χ0v) is 13.6. The third kappa shape index (κ3) is 2.77. The highest BCUT2D eigenvalue weighted by Crippen LogP contribution is 2.46. The summed E-state index contributed by atoms with van der Waals surface area (Å²) in [7, 11) is 0. The van der Waals surface area contributed by atoms with Crippen LogP contribution in [0.2, 0.25) is 0 Å². The van der Waals surface area contributed by atoms with E-state index in [0.29, 0.717) is 17.9 Å². The van der Waals surface area contributed by atoms with Crippen LogP contribution in [0.5, 0.6) is 0 Å². The van der Waals surface area contributed by atoms with Crippen molar-refractivity contribution in [1.82, 2.24) is 29.5 Å². The van der Waals surface area contributed by atoms with Gasteiger partial charge in [0.05, 0.1) is 0 Å². The summed E-state index contributed by atoms with van der Waals surface area (Å²) in [5.41, 5.74) is 1.23. The van der Waals surface area contributed by atoms with E-state index in [4.69, 9.17) is 0 Å². The van der Waals surface area contributed by atoms with Gasteiger partial charge in [0.15, 0.2) is 11.3 Å². The smallest absolute Gasteiger partial charge is 0.271 e. The van der Waals surface area contributed by atoms with Crippen molar-refractivity contribution in [3.63, 3.8) is 0 Å². The first-order chi connectivity index (χ1) is 11.7. The van der Waals surface area contributed by atoms with E-state index in [1.807, 2.05) is 12.4 Å². The average molecular weight is 324 g/mol. The van der Waals surface area contributed by atoms with Gasteiger partial charge >= 0.3 is 0 Å². The molecule has 7 heteroatoms. The molecule has 0 bridgehead atoms. The number of aromatic nitrogens is 5. The maximum atomic E-state index is 12.4. The second-order valence-electron chi connectivity index (χ2n) is 6.46. The molecule has 3 aromatic heterocycles. The lowest BCUT2D eigenvalue weighted by atomic mass is 10.1. The van der Waals surface area contributed by atoms with Crippen LogP contribution in [0.4, 0.5) is 0 Å². The number of nitrogens with one attached hydrogen (secondary N) is 1. The van der Waals surface area contributed by atoms with Crippen LogP contribution >= 0.6 is 0 Å². The van der Waals surface area contributed by atoms with Crippen LogP contribution in [-0.4, -0.2) is 36.6 Å². The summed E-state index contributed by atoms with van der Waals surface area (Å²) in [6.45, 7) is 3.68. The molecule has 0 radical (unpaired) electrons. The summed E-state index contributed by atoms with van der Waals surface area (Å²) in [6.07, 6.45) is 10.5. The van der Waals surface area contributed by atoms with E-state index in [1.165, 1.54) is 0 Å². The van der Waals surface area contributed by atoms with E-state index >= 15 is 0 Å². The molecule has 0 unspecified atom stereocenters. The van der Waals surface area contributed by atoms with Crippen molar-refractivity contribution in [3.8, 4) is 0 Å². The van der Waals surface area contributed by atoms with Gasteiger partial charge in [0, 0.05) is 55.8 Å². The Kier molecular flexibility index (Phi) is 3.55. The van der Waals surface area contributed by atoms with Crippen molar-refractivity contribution in [1.29, 1.82) is 0 Å². The third-order valence-electron chi connectivity index (χ3n) is 4.67. The quantitative estimate of drug-likeness (QED) is 0.748. The average Bonchev–Trinajstić information content (AvgIpc) is 3.03. The predicted octanol–water partition coefficient (Wildman–Crippen LogP) is 1.70. The minimum Gasteiger partial charge on any atom is -0.350 e. The molecule has 0 aromatic carbocycles. The Morgan fingerprint density at radius 2 is 2.17 bits per heavy atom. The van der Waals surface area contributed by atoms with Crippen LogP contribution in [0.1, 0.15) is 36.1 Å². The van der Waals surface area contributed by atoms with Gasteiger partial charge in [0.2, 0.25) is 0 Å². The minimum atomic E-state index is -0.145. The van der Waals surface area contributed by atoms with Crippen molar-refractivity contribution >= 4 is 11.6 Å². The van der Waals surface area contributed by atoms with E-state index in [2.05, 4.69) is 31.9 Å². The molecule has 1 aliphatic rings. The lowest BCUT2D eigenvalue weighted by Crippen LogP contribution is -2.32. The van der Waals surface area contributed by atoms with Crippen molar-refractivity contribution in [2.75, 3.05) is 6.54 Å². The van der Waals surface area contributed by atoms with Crippen molar-refractivity contribution in [3.05, 3.63) is 48.4 Å². The Balaban J connectivity index is 1.41. The van der Waals surface area contributed by atoms with Crippen LogP contribution in [0.25, 0.3) is 5.65 Å². The van der Waals surface area contributed by atoms with Crippen LogP contribution in [0, 0.1) is 5.41 Å². The number of carbonyl (C=O) groups excluding carboxylic acids is 1. The molecule has 24 heavy (non-hydrogen) atoms. The van der Waals surface area contributed by atoms with Crippen molar-refractivity contribution in [2.45, 2.75) is 32.7 Å². The van der Waals surface area contributed by atoms with Crippen LogP contribution in [0.15, 0.2) is 36.9 Å². The van der Waals surface area contributed by atoms with E-state index in [0.717, 1.165) is 31.6 Å². The Morgan fingerprint density at radius 1 is 1.29 bits per heavy atom. The van der Waals surface area contributed by atoms with E-state index in [-0.39, 0.29) is 11.3 Å². The van der Waals surface area contributed by atoms with Gasteiger partial charge in [-0.3, -0.25) is 4.79 Å². The van der Waals surface area contributed by atoms with Crippen LogP contribution in [-0.2, 0) is 13.0 Å². The summed E-state index contributed by atoms with van der Waals surface area (Å²) >= 11 is 0. The molecule has 0 aliphatic heterocycles. The number of imidazole rings is 1. The molecule has 0 spiro atoms. The number of amides is 1. The molecular weight excluding hydrogens is 304 g/mol. The maximum absolute atomic E-state index is 12.4. The first-order valence-electron chi connectivity index (χ1n) is 8.28. The lowest BCUT2D eigenvalue weighted by molar-refractivity contribution is 0.0937. The number of aryl methyl sites for hydroxylation is 1. The standard InChI is InChI=1S/C17H20N6O/c1-2-14-19-7-9-22(14)12-17(4-5-17)11-20-16(24)13-10-15-18-6-3-8-23(15)21-13/h3,6-10H,2,4-5,11-12H2,1H3,(H,20,24). The third-order valence-corrected chi connectivity index (χ3v) is 4.67. The monoisotopic (exact) mass is 324 g/mol. The number of hydrogen-bond acceptors (Lipinski definition) is 4. The van der Waals surface area contributed by atoms with Crippen LogP contribution in [0.3, 0.4) is 0 Å². The number of rotatable bonds is 6. The van der Waals surface area contributed by atoms with Crippen LogP contribution < -0.4 is 5.32 Å². The Bertz CT molecular complexity index is 843. The van der Waals surface area contributed by atoms with Gasteiger partial charge in [-0.25, -0.2) is 14.5 Å². The molecule has 3 heterocycles. The zero-order valence-electron chi connectivity index (χ0n) is 13.6. The summed E-state index contributed by atoms with van der Waals surface area (Å²) in [5, 5.41) is 7.30. The van der Waals surface area contributed by atoms with Gasteiger partial charge in [-0.05, 0) is 18.9 Å². The van der Waals surface area contributed by atoms with Gasteiger partial charge in [0.25, 0.3) is 5.91 Å². The number of nitrogens with zero attached hydrogens (tertiary/aromatic N) is 5. The van der Waals surface area contributed by atoms with Crippen molar-refractivity contribution < 1.29 is 4.79 Å². The first-order valence-corrected chi connectivity index (χ1v) is 8.28. The molecule has 1 saturated carbocycles. The molecule has 1 amide bonds. The Labute approximate surface area is 139 Å². The normalized spacial score (nSPS) is 15.5. The number of hydrogen-bond donors (Lipinski definition) is 1. The molecule has 4 rings (SSSR count). The molecule has 3 aromatic rings. The Morgan fingerprint density at radius 3 is 2.92 bits per heavy atom. The number of fused-ring (bicyclic) bond motifs is 1.